The molecule has 1 N–H and O–H groups in total. The van der Waals surface area contributed by atoms with E-state index in [0.717, 1.165) is 28.3 Å². The molecule has 0 aliphatic rings. The fraction of sp³-hybridized carbons (Fsp3) is 0.125. The van der Waals surface area contributed by atoms with Gasteiger partial charge in [-0.15, -0.1) is 0 Å². The zero-order valence-electron chi connectivity index (χ0n) is 15.5. The summed E-state index contributed by atoms with van der Waals surface area (Å²) in [6, 6.07) is 26.8. The summed E-state index contributed by atoms with van der Waals surface area (Å²) >= 11 is 0. The number of aryl methyl sites for hydroxylation is 2. The quantitative estimate of drug-likeness (QED) is 0.531. The van der Waals surface area contributed by atoms with Crippen LogP contribution in [0.2, 0.25) is 0 Å². The number of aliphatic imine (C=N–C) groups is 1. The smallest absolute Gasteiger partial charge is 0.0726 e. The fourth-order valence-corrected chi connectivity index (χ4v) is 2.77. The number of para-hydroxylation sites is 2. The maximum absolute atomic E-state index is 4.93. The van der Waals surface area contributed by atoms with Crippen LogP contribution in [0.5, 0.6) is 0 Å². The molecule has 0 unspecified atom stereocenters. The number of hydrogen-bond acceptors (Lipinski definition) is 2. The molecule has 0 heterocycles. The zero-order valence-corrected chi connectivity index (χ0v) is 15.5. The summed E-state index contributed by atoms with van der Waals surface area (Å²) in [6.07, 6.45) is 2.11. The average molecular weight is 340 g/mol. The molecule has 0 bridgehead atoms. The first kappa shape index (κ1) is 17.7. The minimum atomic E-state index is 0.943. The highest BCUT2D eigenvalue weighted by Gasteiger charge is 2.04. The summed E-state index contributed by atoms with van der Waals surface area (Å²) in [4.78, 5) is 4.93. The van der Waals surface area contributed by atoms with Gasteiger partial charge < -0.3 is 5.32 Å². The predicted molar refractivity (Wildman–Crippen MR) is 112 cm³/mol. The Morgan fingerprint density at radius 2 is 1.38 bits per heavy atom. The van der Waals surface area contributed by atoms with Gasteiger partial charge in [0.15, 0.2) is 0 Å². The third-order valence-corrected chi connectivity index (χ3v) is 4.26. The fourth-order valence-electron chi connectivity index (χ4n) is 2.77. The van der Waals surface area contributed by atoms with Gasteiger partial charge >= 0.3 is 0 Å². The molecule has 2 heteroatoms. The van der Waals surface area contributed by atoms with Crippen molar-refractivity contribution in [3.8, 4) is 0 Å². The van der Waals surface area contributed by atoms with Gasteiger partial charge in [0.1, 0.15) is 0 Å². The van der Waals surface area contributed by atoms with E-state index in [9.17, 15) is 0 Å². The van der Waals surface area contributed by atoms with E-state index >= 15 is 0 Å². The summed E-state index contributed by atoms with van der Waals surface area (Å²) in [7, 11) is 0. The summed E-state index contributed by atoms with van der Waals surface area (Å²) in [6.45, 7) is 6.27. The number of hydrogen-bond donors (Lipinski definition) is 1. The third kappa shape index (κ3) is 4.48. The number of rotatable bonds is 5. The van der Waals surface area contributed by atoms with Gasteiger partial charge in [-0.2, -0.15) is 0 Å². The minimum Gasteiger partial charge on any atom is -0.359 e. The second-order valence-electron chi connectivity index (χ2n) is 6.42. The molecule has 3 rings (SSSR count). The number of nitrogens with one attached hydrogen (secondary N) is 1. The molecule has 2 nitrogen and oxygen atoms in total. The molecule has 0 spiro atoms. The monoisotopic (exact) mass is 340 g/mol. The minimum absolute atomic E-state index is 0.943. The largest absolute Gasteiger partial charge is 0.359 e. The van der Waals surface area contributed by atoms with Crippen LogP contribution in [-0.2, 0) is 0 Å². The molecule has 0 fully saturated rings. The number of benzene rings is 3. The molecule has 0 saturated heterocycles. The van der Waals surface area contributed by atoms with Gasteiger partial charge in [-0.3, -0.25) is 0 Å². The van der Waals surface area contributed by atoms with Crippen molar-refractivity contribution in [1.82, 2.24) is 0 Å². The lowest BCUT2D eigenvalue weighted by molar-refractivity contribution is 1.33. The second kappa shape index (κ2) is 8.30. The molecule has 0 amide bonds. The summed E-state index contributed by atoms with van der Waals surface area (Å²) in [5, 5.41) is 3.49. The number of nitrogens with zero attached hydrogens (tertiary/aromatic N) is 1. The summed E-state index contributed by atoms with van der Waals surface area (Å²) in [5.74, 6) is 0. The van der Waals surface area contributed by atoms with Crippen LogP contribution in [0.4, 0.5) is 11.4 Å². The van der Waals surface area contributed by atoms with E-state index in [-0.39, 0.29) is 0 Å². The van der Waals surface area contributed by atoms with E-state index in [1.54, 1.807) is 0 Å². The van der Waals surface area contributed by atoms with Crippen LogP contribution in [0.25, 0.3) is 0 Å². The Kier molecular flexibility index (Phi) is 5.65. The van der Waals surface area contributed by atoms with E-state index in [0.29, 0.717) is 0 Å². The van der Waals surface area contributed by atoms with Gasteiger partial charge in [-0.1, -0.05) is 66.7 Å². The van der Waals surface area contributed by atoms with Gasteiger partial charge in [0.25, 0.3) is 0 Å². The molecule has 3 aromatic carbocycles. The average Bonchev–Trinajstić information content (AvgIpc) is 2.65. The van der Waals surface area contributed by atoms with Gasteiger partial charge in [0, 0.05) is 16.9 Å². The summed E-state index contributed by atoms with van der Waals surface area (Å²) < 4.78 is 0. The van der Waals surface area contributed by atoms with Crippen LogP contribution in [-0.4, -0.2) is 5.71 Å². The highest BCUT2D eigenvalue weighted by molar-refractivity contribution is 6.10. The van der Waals surface area contributed by atoms with Crippen molar-refractivity contribution in [2.75, 3.05) is 5.32 Å². The number of allylic oxidation sites excluding steroid dienone is 2. The van der Waals surface area contributed by atoms with Crippen molar-refractivity contribution in [2.24, 2.45) is 4.99 Å². The molecule has 0 atom stereocenters. The molecular formula is C24H24N2. The third-order valence-electron chi connectivity index (χ3n) is 4.26. The van der Waals surface area contributed by atoms with E-state index in [4.69, 9.17) is 4.99 Å². The topological polar surface area (TPSA) is 24.4 Å². The van der Waals surface area contributed by atoms with Crippen molar-refractivity contribution < 1.29 is 0 Å². The van der Waals surface area contributed by atoms with Crippen LogP contribution in [0.3, 0.4) is 0 Å². The molecule has 130 valence electrons. The Morgan fingerprint density at radius 3 is 2.08 bits per heavy atom. The van der Waals surface area contributed by atoms with Crippen LogP contribution in [0.1, 0.15) is 23.6 Å². The van der Waals surface area contributed by atoms with Crippen LogP contribution in [0.15, 0.2) is 95.6 Å². The van der Waals surface area contributed by atoms with Crippen molar-refractivity contribution in [3.63, 3.8) is 0 Å². The maximum Gasteiger partial charge on any atom is 0.0726 e. The SMILES string of the molecule is C/C(=C\C(=Nc1ccccc1C)c1ccccc1)Nc1ccccc1C. The maximum atomic E-state index is 4.93. The Bertz CT molecular complexity index is 937. The first-order chi connectivity index (χ1) is 12.6. The van der Waals surface area contributed by atoms with Crippen molar-refractivity contribution >= 4 is 17.1 Å². The molecule has 3 aromatic rings. The molecule has 26 heavy (non-hydrogen) atoms. The van der Waals surface area contributed by atoms with Gasteiger partial charge in [0.05, 0.1) is 11.4 Å². The van der Waals surface area contributed by atoms with Crippen LogP contribution >= 0.6 is 0 Å². The Balaban J connectivity index is 1.99. The Morgan fingerprint density at radius 1 is 0.769 bits per heavy atom. The van der Waals surface area contributed by atoms with Crippen molar-refractivity contribution in [1.29, 1.82) is 0 Å². The van der Waals surface area contributed by atoms with Gasteiger partial charge in [-0.25, -0.2) is 4.99 Å². The Labute approximate surface area is 155 Å². The van der Waals surface area contributed by atoms with Crippen molar-refractivity contribution in [2.45, 2.75) is 20.8 Å². The highest BCUT2D eigenvalue weighted by atomic mass is 14.9. The van der Waals surface area contributed by atoms with Gasteiger partial charge in [0.2, 0.25) is 0 Å². The van der Waals surface area contributed by atoms with Crippen LogP contribution in [0, 0.1) is 13.8 Å². The van der Waals surface area contributed by atoms with E-state index < -0.39 is 0 Å². The first-order valence-electron chi connectivity index (χ1n) is 8.84. The number of anilines is 1. The molecule has 0 aliphatic carbocycles. The molecule has 0 aliphatic heterocycles. The standard InChI is InChI=1S/C24H24N2/c1-18-11-7-9-15-22(18)25-20(3)17-24(21-13-5-4-6-14-21)26-23-16-10-8-12-19(23)2/h4-17,25H,1-3H3/b20-17+,26-24?. The highest BCUT2D eigenvalue weighted by Crippen LogP contribution is 2.21. The van der Waals surface area contributed by atoms with E-state index in [1.807, 2.05) is 36.4 Å². The lowest BCUT2D eigenvalue weighted by Crippen LogP contribution is -2.03. The lowest BCUT2D eigenvalue weighted by atomic mass is 10.1. The second-order valence-corrected chi connectivity index (χ2v) is 6.42. The normalized spacial score (nSPS) is 12.1. The molecule has 0 aromatic heterocycles. The first-order valence-corrected chi connectivity index (χ1v) is 8.84. The van der Waals surface area contributed by atoms with Crippen LogP contribution < -0.4 is 5.32 Å². The predicted octanol–water partition coefficient (Wildman–Crippen LogP) is 6.44. The molecule has 0 saturated carbocycles. The molecule has 0 radical (unpaired) electrons. The van der Waals surface area contributed by atoms with Crippen molar-refractivity contribution in [3.05, 3.63) is 107 Å². The van der Waals surface area contributed by atoms with E-state index in [2.05, 4.69) is 74.6 Å². The summed E-state index contributed by atoms with van der Waals surface area (Å²) in [5.41, 5.74) is 7.59. The van der Waals surface area contributed by atoms with Gasteiger partial charge in [-0.05, 0) is 50.1 Å². The van der Waals surface area contributed by atoms with E-state index in [1.165, 1.54) is 11.1 Å². The zero-order chi connectivity index (χ0) is 18.4. The molecular weight excluding hydrogens is 316 g/mol. The lowest BCUT2D eigenvalue weighted by Gasteiger charge is -2.11. The Hall–Kier alpha value is -3.13.